The zero-order valence-corrected chi connectivity index (χ0v) is 9.49. The minimum Gasteiger partial charge on any atom is -0.325 e. The summed E-state index contributed by atoms with van der Waals surface area (Å²) in [5.74, 6) is -0.216. The predicted octanol–water partition coefficient (Wildman–Crippen LogP) is 2.09. The minimum absolute atomic E-state index is 0.216. The van der Waals surface area contributed by atoms with Crippen LogP contribution in [0, 0.1) is 5.82 Å². The molecule has 1 aliphatic heterocycles. The standard InChI is InChI=1S/C13H14FN3/c14-10-5-3-9(4-6-10)13-11(8-15)16-17-7-1-2-12(13)17/h3-6H,1-2,7-8,15H2. The largest absolute Gasteiger partial charge is 0.325 e. The first-order chi connectivity index (χ1) is 8.29. The summed E-state index contributed by atoms with van der Waals surface area (Å²) in [6, 6.07) is 6.55. The number of rotatable bonds is 2. The van der Waals surface area contributed by atoms with Crippen LogP contribution in [0.15, 0.2) is 24.3 Å². The molecule has 0 unspecified atom stereocenters. The normalized spacial score (nSPS) is 14.0. The molecule has 0 atom stereocenters. The number of halogens is 1. The Bertz CT molecular complexity index is 543. The molecule has 0 amide bonds. The zero-order chi connectivity index (χ0) is 11.8. The Morgan fingerprint density at radius 2 is 2.06 bits per heavy atom. The molecule has 0 saturated heterocycles. The van der Waals surface area contributed by atoms with E-state index in [1.54, 1.807) is 12.1 Å². The fourth-order valence-electron chi connectivity index (χ4n) is 2.48. The number of hydrogen-bond acceptors (Lipinski definition) is 2. The Morgan fingerprint density at radius 1 is 1.29 bits per heavy atom. The molecule has 0 radical (unpaired) electrons. The van der Waals surface area contributed by atoms with Crippen molar-refractivity contribution >= 4 is 0 Å². The molecule has 1 aromatic heterocycles. The molecule has 0 bridgehead atoms. The summed E-state index contributed by atoms with van der Waals surface area (Å²) in [6.07, 6.45) is 2.15. The Morgan fingerprint density at radius 3 is 2.76 bits per heavy atom. The van der Waals surface area contributed by atoms with Gasteiger partial charge in [0.15, 0.2) is 0 Å². The van der Waals surface area contributed by atoms with Gasteiger partial charge in [0.2, 0.25) is 0 Å². The van der Waals surface area contributed by atoms with Crippen LogP contribution in [-0.4, -0.2) is 9.78 Å². The van der Waals surface area contributed by atoms with E-state index >= 15 is 0 Å². The van der Waals surface area contributed by atoms with Gasteiger partial charge in [0.25, 0.3) is 0 Å². The van der Waals surface area contributed by atoms with E-state index in [0.29, 0.717) is 6.54 Å². The van der Waals surface area contributed by atoms with Crippen LogP contribution in [0.3, 0.4) is 0 Å². The summed E-state index contributed by atoms with van der Waals surface area (Å²) >= 11 is 0. The van der Waals surface area contributed by atoms with Crippen LogP contribution >= 0.6 is 0 Å². The molecule has 0 saturated carbocycles. The lowest BCUT2D eigenvalue weighted by molar-refractivity contribution is 0.628. The third-order valence-electron chi connectivity index (χ3n) is 3.24. The van der Waals surface area contributed by atoms with Crippen molar-refractivity contribution in [1.29, 1.82) is 0 Å². The molecule has 88 valence electrons. The van der Waals surface area contributed by atoms with E-state index in [4.69, 9.17) is 5.73 Å². The molecule has 0 spiro atoms. The van der Waals surface area contributed by atoms with Crippen molar-refractivity contribution in [2.45, 2.75) is 25.9 Å². The van der Waals surface area contributed by atoms with Crippen molar-refractivity contribution in [2.75, 3.05) is 0 Å². The molecule has 2 aromatic rings. The number of aromatic nitrogens is 2. The van der Waals surface area contributed by atoms with E-state index < -0.39 is 0 Å². The van der Waals surface area contributed by atoms with Crippen LogP contribution in [0.5, 0.6) is 0 Å². The first kappa shape index (κ1) is 10.5. The highest BCUT2D eigenvalue weighted by Gasteiger charge is 2.21. The minimum atomic E-state index is -0.216. The lowest BCUT2D eigenvalue weighted by atomic mass is 10.0. The lowest BCUT2D eigenvalue weighted by Crippen LogP contribution is -2.01. The molecule has 1 aliphatic rings. The van der Waals surface area contributed by atoms with E-state index in [2.05, 4.69) is 5.10 Å². The number of hydrogen-bond donors (Lipinski definition) is 1. The molecule has 0 aliphatic carbocycles. The summed E-state index contributed by atoms with van der Waals surface area (Å²) < 4.78 is 15.0. The van der Waals surface area contributed by atoms with Crippen LogP contribution in [0.25, 0.3) is 11.1 Å². The number of nitrogens with two attached hydrogens (primary N) is 1. The van der Waals surface area contributed by atoms with Crippen molar-refractivity contribution in [1.82, 2.24) is 9.78 Å². The van der Waals surface area contributed by atoms with Gasteiger partial charge in [-0.3, -0.25) is 4.68 Å². The van der Waals surface area contributed by atoms with Crippen molar-refractivity contribution in [3.63, 3.8) is 0 Å². The highest BCUT2D eigenvalue weighted by molar-refractivity contribution is 5.69. The average Bonchev–Trinajstić information content (AvgIpc) is 2.89. The number of benzene rings is 1. The summed E-state index contributed by atoms with van der Waals surface area (Å²) in [5, 5.41) is 4.51. The van der Waals surface area contributed by atoms with Gasteiger partial charge in [-0.25, -0.2) is 4.39 Å². The SMILES string of the molecule is NCc1nn2c(c1-c1ccc(F)cc1)CCC2. The number of nitrogens with zero attached hydrogens (tertiary/aromatic N) is 2. The molecule has 1 aromatic carbocycles. The summed E-state index contributed by atoms with van der Waals surface area (Å²) in [4.78, 5) is 0. The van der Waals surface area contributed by atoms with E-state index in [1.807, 2.05) is 4.68 Å². The fourth-order valence-corrected chi connectivity index (χ4v) is 2.48. The monoisotopic (exact) mass is 231 g/mol. The molecule has 2 N–H and O–H groups in total. The van der Waals surface area contributed by atoms with Gasteiger partial charge in [0.05, 0.1) is 5.69 Å². The second-order valence-electron chi connectivity index (χ2n) is 4.31. The Balaban J connectivity index is 2.15. The van der Waals surface area contributed by atoms with Gasteiger partial charge in [-0.05, 0) is 30.5 Å². The Hall–Kier alpha value is -1.68. The Kier molecular flexibility index (Phi) is 2.44. The zero-order valence-electron chi connectivity index (χ0n) is 9.49. The summed E-state index contributed by atoms with van der Waals surface area (Å²) in [7, 11) is 0. The molecule has 17 heavy (non-hydrogen) atoms. The average molecular weight is 231 g/mol. The first-order valence-electron chi connectivity index (χ1n) is 5.84. The van der Waals surface area contributed by atoms with Crippen LogP contribution in [-0.2, 0) is 19.5 Å². The maximum atomic E-state index is 12.9. The summed E-state index contributed by atoms with van der Waals surface area (Å²) in [5.41, 5.74) is 9.98. The van der Waals surface area contributed by atoms with Crippen molar-refractivity contribution in [2.24, 2.45) is 5.73 Å². The molecule has 4 heteroatoms. The Labute approximate surface area is 99.1 Å². The van der Waals surface area contributed by atoms with Crippen LogP contribution in [0.4, 0.5) is 4.39 Å². The quantitative estimate of drug-likeness (QED) is 0.860. The number of fused-ring (bicyclic) bond motifs is 1. The van der Waals surface area contributed by atoms with Crippen molar-refractivity contribution < 1.29 is 4.39 Å². The van der Waals surface area contributed by atoms with Gasteiger partial charge in [0, 0.05) is 24.3 Å². The molecule has 0 fully saturated rings. The number of aryl methyl sites for hydroxylation is 1. The van der Waals surface area contributed by atoms with Gasteiger partial charge in [-0.15, -0.1) is 0 Å². The predicted molar refractivity (Wildman–Crippen MR) is 63.8 cm³/mol. The molecular formula is C13H14FN3. The van der Waals surface area contributed by atoms with Crippen LogP contribution in [0.2, 0.25) is 0 Å². The molecule has 3 nitrogen and oxygen atoms in total. The van der Waals surface area contributed by atoms with E-state index in [9.17, 15) is 4.39 Å². The maximum Gasteiger partial charge on any atom is 0.123 e. The first-order valence-corrected chi connectivity index (χ1v) is 5.84. The van der Waals surface area contributed by atoms with Gasteiger partial charge in [0.1, 0.15) is 5.82 Å². The molecular weight excluding hydrogens is 217 g/mol. The highest BCUT2D eigenvalue weighted by Crippen LogP contribution is 2.31. The van der Waals surface area contributed by atoms with E-state index in [1.165, 1.54) is 17.8 Å². The highest BCUT2D eigenvalue weighted by atomic mass is 19.1. The van der Waals surface area contributed by atoms with E-state index in [0.717, 1.165) is 36.2 Å². The van der Waals surface area contributed by atoms with Crippen LogP contribution < -0.4 is 5.73 Å². The van der Waals surface area contributed by atoms with Crippen molar-refractivity contribution in [3.8, 4) is 11.1 Å². The second kappa shape index (κ2) is 3.96. The van der Waals surface area contributed by atoms with Gasteiger partial charge < -0.3 is 5.73 Å². The third kappa shape index (κ3) is 1.65. The molecule has 3 rings (SSSR count). The van der Waals surface area contributed by atoms with Gasteiger partial charge in [-0.1, -0.05) is 12.1 Å². The topological polar surface area (TPSA) is 43.8 Å². The smallest absolute Gasteiger partial charge is 0.123 e. The fraction of sp³-hybridized carbons (Fsp3) is 0.308. The summed E-state index contributed by atoms with van der Waals surface area (Å²) in [6.45, 7) is 1.39. The maximum absolute atomic E-state index is 12.9. The lowest BCUT2D eigenvalue weighted by Gasteiger charge is -2.03. The van der Waals surface area contributed by atoms with Gasteiger partial charge >= 0.3 is 0 Å². The van der Waals surface area contributed by atoms with Crippen molar-refractivity contribution in [3.05, 3.63) is 41.5 Å². The second-order valence-corrected chi connectivity index (χ2v) is 4.31. The molecule has 2 heterocycles. The van der Waals surface area contributed by atoms with Gasteiger partial charge in [-0.2, -0.15) is 5.10 Å². The van der Waals surface area contributed by atoms with E-state index in [-0.39, 0.29) is 5.82 Å². The van der Waals surface area contributed by atoms with Crippen LogP contribution in [0.1, 0.15) is 17.8 Å². The third-order valence-corrected chi connectivity index (χ3v) is 3.24.